The average molecular weight is 368 g/mol. The summed E-state index contributed by atoms with van der Waals surface area (Å²) in [5, 5.41) is 12.1. The molecule has 27 heavy (non-hydrogen) atoms. The molecule has 3 rings (SSSR count). The average Bonchev–Trinajstić information content (AvgIpc) is 2.65. The molecule has 0 spiro atoms. The van der Waals surface area contributed by atoms with Gasteiger partial charge in [-0.1, -0.05) is 24.3 Å². The lowest BCUT2D eigenvalue weighted by Crippen LogP contribution is -2.26. The number of carbonyl (C=O) groups is 1. The molecule has 0 aliphatic heterocycles. The van der Waals surface area contributed by atoms with Crippen molar-refractivity contribution in [3.8, 4) is 5.88 Å². The number of hydrogen-bond donors (Lipinski definition) is 2. The van der Waals surface area contributed by atoms with Crippen molar-refractivity contribution in [3.05, 3.63) is 95.2 Å². The van der Waals surface area contributed by atoms with Crippen molar-refractivity contribution < 1.29 is 18.7 Å². The quantitative estimate of drug-likeness (QED) is 0.691. The van der Waals surface area contributed by atoms with E-state index in [1.165, 1.54) is 42.6 Å². The van der Waals surface area contributed by atoms with Gasteiger partial charge in [-0.15, -0.1) is 0 Å². The summed E-state index contributed by atoms with van der Waals surface area (Å²) in [7, 11) is 0. The van der Waals surface area contributed by atoms with Crippen LogP contribution in [0.25, 0.3) is 0 Å². The molecule has 138 valence electrons. The molecule has 0 radical (unpaired) electrons. The summed E-state index contributed by atoms with van der Waals surface area (Å²) in [6, 6.07) is 15.1. The molecule has 0 bridgehead atoms. The molecule has 0 aliphatic rings. The summed E-state index contributed by atoms with van der Waals surface area (Å²) < 4.78 is 27.3. The first kappa shape index (κ1) is 18.5. The molecule has 1 heterocycles. The van der Waals surface area contributed by atoms with Gasteiger partial charge >= 0.3 is 0 Å². The Labute approximate surface area is 155 Å². The van der Waals surface area contributed by atoms with Gasteiger partial charge in [0.05, 0.1) is 0 Å². The highest BCUT2D eigenvalue weighted by Gasteiger charge is 2.16. The van der Waals surface area contributed by atoms with E-state index in [1.54, 1.807) is 24.3 Å². The number of nitrogens with zero attached hydrogens (tertiary/aromatic N) is 1. The minimum atomic E-state index is -0.370. The molecule has 0 saturated heterocycles. The first-order valence-corrected chi connectivity index (χ1v) is 8.47. The predicted octanol–water partition coefficient (Wildman–Crippen LogP) is 4.02. The maximum absolute atomic E-state index is 13.7. The maximum Gasteiger partial charge on any atom is 0.251 e. The van der Waals surface area contributed by atoms with Gasteiger partial charge < -0.3 is 10.4 Å². The summed E-state index contributed by atoms with van der Waals surface area (Å²) in [6.07, 6.45) is 1.79. The monoisotopic (exact) mass is 368 g/mol. The van der Waals surface area contributed by atoms with Crippen LogP contribution in [0.2, 0.25) is 0 Å². The Balaban J connectivity index is 1.75. The van der Waals surface area contributed by atoms with Crippen LogP contribution in [-0.2, 0) is 0 Å². The van der Waals surface area contributed by atoms with E-state index in [2.05, 4.69) is 10.3 Å². The van der Waals surface area contributed by atoms with Crippen LogP contribution in [0.1, 0.15) is 33.8 Å². The van der Waals surface area contributed by atoms with Gasteiger partial charge in [0.1, 0.15) is 11.6 Å². The van der Waals surface area contributed by atoms with Crippen LogP contribution in [0.5, 0.6) is 5.88 Å². The van der Waals surface area contributed by atoms with Gasteiger partial charge in [0.25, 0.3) is 5.91 Å². The van der Waals surface area contributed by atoms with Crippen molar-refractivity contribution in [3.63, 3.8) is 0 Å². The van der Waals surface area contributed by atoms with Crippen molar-refractivity contribution >= 4 is 5.91 Å². The molecule has 2 N–H and O–H groups in total. The van der Waals surface area contributed by atoms with Gasteiger partial charge in [-0.2, -0.15) is 0 Å². The zero-order valence-electron chi connectivity index (χ0n) is 14.4. The minimum Gasteiger partial charge on any atom is -0.493 e. The van der Waals surface area contributed by atoms with Crippen molar-refractivity contribution in [2.75, 3.05) is 6.54 Å². The second-order valence-corrected chi connectivity index (χ2v) is 6.11. The molecule has 0 atom stereocenters. The Morgan fingerprint density at radius 3 is 2.19 bits per heavy atom. The van der Waals surface area contributed by atoms with Crippen LogP contribution in [0, 0.1) is 11.6 Å². The standard InChI is InChI=1S/C21H18F2N2O2/c22-17-5-1-3-14(11-17)19(15-4-2-6-18(23)12-15)8-10-25-21(27)16-7-9-24-20(26)13-16/h1-7,9,11-13,19H,8,10H2,(H,24,26)(H,25,27). The van der Waals surface area contributed by atoms with Gasteiger partial charge in [0.2, 0.25) is 5.88 Å². The molecule has 1 amide bonds. The molecule has 0 unspecified atom stereocenters. The number of rotatable bonds is 6. The Morgan fingerprint density at radius 2 is 1.63 bits per heavy atom. The number of amides is 1. The van der Waals surface area contributed by atoms with Crippen molar-refractivity contribution in [2.45, 2.75) is 12.3 Å². The zero-order valence-corrected chi connectivity index (χ0v) is 14.4. The molecular formula is C21H18F2N2O2. The number of nitrogens with one attached hydrogen (secondary N) is 1. The van der Waals surface area contributed by atoms with E-state index in [4.69, 9.17) is 0 Å². The summed E-state index contributed by atoms with van der Waals surface area (Å²) >= 11 is 0. The van der Waals surface area contributed by atoms with Crippen LogP contribution in [0.15, 0.2) is 66.9 Å². The molecule has 1 aromatic heterocycles. The predicted molar refractivity (Wildman–Crippen MR) is 97.5 cm³/mol. The van der Waals surface area contributed by atoms with Crippen LogP contribution in [-0.4, -0.2) is 22.5 Å². The van der Waals surface area contributed by atoms with E-state index in [9.17, 15) is 18.7 Å². The van der Waals surface area contributed by atoms with Crippen LogP contribution in [0.3, 0.4) is 0 Å². The van der Waals surface area contributed by atoms with Crippen LogP contribution in [0.4, 0.5) is 8.78 Å². The lowest BCUT2D eigenvalue weighted by molar-refractivity contribution is 0.0952. The third-order valence-electron chi connectivity index (χ3n) is 4.23. The Bertz CT molecular complexity index is 901. The van der Waals surface area contributed by atoms with Crippen molar-refractivity contribution in [1.82, 2.24) is 10.3 Å². The minimum absolute atomic E-state index is 0.236. The zero-order chi connectivity index (χ0) is 19.2. The number of aromatic hydroxyl groups is 1. The van der Waals surface area contributed by atoms with Crippen LogP contribution < -0.4 is 5.32 Å². The van der Waals surface area contributed by atoms with E-state index in [0.29, 0.717) is 24.1 Å². The highest BCUT2D eigenvalue weighted by atomic mass is 19.1. The summed E-state index contributed by atoms with van der Waals surface area (Å²) in [4.78, 5) is 15.8. The number of aromatic nitrogens is 1. The van der Waals surface area contributed by atoms with Crippen molar-refractivity contribution in [1.29, 1.82) is 0 Å². The van der Waals surface area contributed by atoms with Gasteiger partial charge in [-0.25, -0.2) is 13.8 Å². The maximum atomic E-state index is 13.7. The summed E-state index contributed by atoms with van der Waals surface area (Å²) in [5.74, 6) is -1.61. The Morgan fingerprint density at radius 1 is 1.00 bits per heavy atom. The first-order valence-electron chi connectivity index (χ1n) is 8.47. The molecule has 6 heteroatoms. The van der Waals surface area contributed by atoms with E-state index >= 15 is 0 Å². The SMILES string of the molecule is O=C(NCCC(c1cccc(F)c1)c1cccc(F)c1)c1ccnc(O)c1. The van der Waals surface area contributed by atoms with Crippen LogP contribution >= 0.6 is 0 Å². The molecule has 3 aromatic rings. The van der Waals surface area contributed by atoms with Gasteiger partial charge in [-0.05, 0) is 47.9 Å². The lowest BCUT2D eigenvalue weighted by atomic mass is 9.88. The highest BCUT2D eigenvalue weighted by Crippen LogP contribution is 2.28. The largest absolute Gasteiger partial charge is 0.493 e. The van der Waals surface area contributed by atoms with Gasteiger partial charge in [0.15, 0.2) is 0 Å². The number of pyridine rings is 1. The fourth-order valence-corrected chi connectivity index (χ4v) is 2.96. The Hall–Kier alpha value is -3.28. The molecule has 4 nitrogen and oxygen atoms in total. The third kappa shape index (κ3) is 4.88. The second kappa shape index (κ2) is 8.40. The third-order valence-corrected chi connectivity index (χ3v) is 4.23. The Kier molecular flexibility index (Phi) is 5.76. The molecule has 0 fully saturated rings. The fourth-order valence-electron chi connectivity index (χ4n) is 2.96. The number of halogens is 2. The summed E-state index contributed by atoms with van der Waals surface area (Å²) in [5.41, 5.74) is 1.70. The van der Waals surface area contributed by atoms with Gasteiger partial charge in [-0.3, -0.25) is 4.79 Å². The van der Waals surface area contributed by atoms with E-state index in [1.807, 2.05) is 0 Å². The highest BCUT2D eigenvalue weighted by molar-refractivity contribution is 5.94. The number of carbonyl (C=O) groups excluding carboxylic acids is 1. The van der Waals surface area contributed by atoms with Gasteiger partial charge in [0, 0.05) is 30.3 Å². The molecule has 2 aromatic carbocycles. The van der Waals surface area contributed by atoms with Crippen molar-refractivity contribution in [2.24, 2.45) is 0 Å². The molecular weight excluding hydrogens is 350 g/mol. The molecule has 0 aliphatic carbocycles. The van der Waals surface area contributed by atoms with E-state index in [0.717, 1.165) is 0 Å². The normalized spacial score (nSPS) is 10.8. The lowest BCUT2D eigenvalue weighted by Gasteiger charge is -2.19. The second-order valence-electron chi connectivity index (χ2n) is 6.11. The first-order chi connectivity index (χ1) is 13.0. The fraction of sp³-hybridized carbons (Fsp3) is 0.143. The van der Waals surface area contributed by atoms with E-state index < -0.39 is 0 Å². The molecule has 0 saturated carbocycles. The summed E-state index contributed by atoms with van der Waals surface area (Å²) in [6.45, 7) is 0.291. The van der Waals surface area contributed by atoms with E-state index in [-0.39, 0.29) is 34.9 Å². The smallest absolute Gasteiger partial charge is 0.251 e. The number of hydrogen-bond acceptors (Lipinski definition) is 3. The topological polar surface area (TPSA) is 62.2 Å². The number of benzene rings is 2.